The third-order valence-electron chi connectivity index (χ3n) is 4.47. The molecule has 2 amide bonds. The number of hydrogen-bond acceptors (Lipinski definition) is 4. The molecule has 0 aliphatic carbocycles. The molecule has 0 radical (unpaired) electrons. The molecule has 1 unspecified atom stereocenters. The number of rotatable bonds is 6. The van der Waals surface area contributed by atoms with E-state index < -0.39 is 5.92 Å². The van der Waals surface area contributed by atoms with Gasteiger partial charge < -0.3 is 19.7 Å². The van der Waals surface area contributed by atoms with Crippen LogP contribution in [-0.2, 0) is 9.59 Å². The van der Waals surface area contributed by atoms with Gasteiger partial charge in [0.1, 0.15) is 18.1 Å². The summed E-state index contributed by atoms with van der Waals surface area (Å²) in [5.74, 6) is 6.21. The van der Waals surface area contributed by atoms with Crippen LogP contribution in [0, 0.1) is 17.8 Å². The third-order valence-corrected chi connectivity index (χ3v) is 4.79. The second-order valence-corrected chi connectivity index (χ2v) is 6.80. The molecule has 1 heterocycles. The molecule has 150 valence electrons. The number of nitrogens with zero attached hydrogens (tertiary/aromatic N) is 1. The van der Waals surface area contributed by atoms with E-state index in [2.05, 4.69) is 17.2 Å². The molecule has 29 heavy (non-hydrogen) atoms. The van der Waals surface area contributed by atoms with Gasteiger partial charge in [0.2, 0.25) is 11.8 Å². The maximum Gasteiger partial charge on any atom is 0.227 e. The van der Waals surface area contributed by atoms with Crippen molar-refractivity contribution in [1.29, 1.82) is 0 Å². The highest BCUT2D eigenvalue weighted by Crippen LogP contribution is 2.28. The lowest BCUT2D eigenvalue weighted by atomic mass is 10.1. The van der Waals surface area contributed by atoms with Crippen molar-refractivity contribution in [3.05, 3.63) is 53.6 Å². The average molecular weight is 413 g/mol. The highest BCUT2D eigenvalue weighted by atomic mass is 35.5. The zero-order valence-electron chi connectivity index (χ0n) is 16.0. The van der Waals surface area contributed by atoms with E-state index in [1.54, 1.807) is 30.2 Å². The first-order valence-corrected chi connectivity index (χ1v) is 9.51. The van der Waals surface area contributed by atoms with Crippen LogP contribution in [0.15, 0.2) is 48.5 Å². The Kier molecular flexibility index (Phi) is 6.99. The first-order chi connectivity index (χ1) is 14.1. The summed E-state index contributed by atoms with van der Waals surface area (Å²) in [7, 11) is 1.57. The molecule has 1 fully saturated rings. The SMILES string of the molecule is COc1cccc(N2CC(C(=O)NCC#CCOc3ccccc3Cl)CC2=O)c1. The maximum atomic E-state index is 12.4. The van der Waals surface area contributed by atoms with Gasteiger partial charge in [-0.05, 0) is 24.3 Å². The number of methoxy groups -OCH3 is 1. The van der Waals surface area contributed by atoms with Crippen molar-refractivity contribution in [3.63, 3.8) is 0 Å². The first-order valence-electron chi connectivity index (χ1n) is 9.13. The number of halogens is 1. The molecule has 0 bridgehead atoms. The maximum absolute atomic E-state index is 12.4. The van der Waals surface area contributed by atoms with E-state index in [9.17, 15) is 9.59 Å². The number of amides is 2. The molecule has 2 aromatic rings. The lowest BCUT2D eigenvalue weighted by molar-refractivity contribution is -0.126. The molecule has 0 spiro atoms. The molecular formula is C22H21ClN2O4. The van der Waals surface area contributed by atoms with Gasteiger partial charge >= 0.3 is 0 Å². The average Bonchev–Trinajstić information content (AvgIpc) is 3.13. The van der Waals surface area contributed by atoms with E-state index in [-0.39, 0.29) is 31.4 Å². The van der Waals surface area contributed by atoms with Gasteiger partial charge in [-0.15, -0.1) is 0 Å². The van der Waals surface area contributed by atoms with Gasteiger partial charge in [0.15, 0.2) is 0 Å². The summed E-state index contributed by atoms with van der Waals surface area (Å²) in [6, 6.07) is 14.4. The van der Waals surface area contributed by atoms with E-state index in [1.807, 2.05) is 30.3 Å². The first kappa shape index (κ1) is 20.6. The highest BCUT2D eigenvalue weighted by molar-refractivity contribution is 6.32. The monoisotopic (exact) mass is 412 g/mol. The summed E-state index contributed by atoms with van der Waals surface area (Å²) in [5, 5.41) is 3.27. The van der Waals surface area contributed by atoms with E-state index in [0.717, 1.165) is 5.69 Å². The van der Waals surface area contributed by atoms with Crippen LogP contribution >= 0.6 is 11.6 Å². The smallest absolute Gasteiger partial charge is 0.227 e. The Bertz CT molecular complexity index is 951. The Morgan fingerprint density at radius 2 is 2.07 bits per heavy atom. The molecule has 2 aromatic carbocycles. The van der Waals surface area contributed by atoms with Gasteiger partial charge in [0.25, 0.3) is 0 Å². The second-order valence-electron chi connectivity index (χ2n) is 6.40. The predicted molar refractivity (Wildman–Crippen MR) is 111 cm³/mol. The van der Waals surface area contributed by atoms with Crippen LogP contribution in [0.4, 0.5) is 5.69 Å². The van der Waals surface area contributed by atoms with Crippen molar-refractivity contribution in [1.82, 2.24) is 5.32 Å². The minimum absolute atomic E-state index is 0.0855. The number of carbonyl (C=O) groups excluding carboxylic acids is 2. The van der Waals surface area contributed by atoms with Gasteiger partial charge in [-0.25, -0.2) is 0 Å². The van der Waals surface area contributed by atoms with Gasteiger partial charge in [-0.1, -0.05) is 41.6 Å². The number of hydrogen-bond donors (Lipinski definition) is 1. The minimum Gasteiger partial charge on any atom is -0.497 e. The molecule has 0 aromatic heterocycles. The van der Waals surface area contributed by atoms with Gasteiger partial charge in [0.05, 0.1) is 24.6 Å². The number of carbonyl (C=O) groups is 2. The normalized spacial score (nSPS) is 15.4. The lowest BCUT2D eigenvalue weighted by Gasteiger charge is -2.17. The molecular weight excluding hydrogens is 392 g/mol. The van der Waals surface area contributed by atoms with Gasteiger partial charge in [-0.3, -0.25) is 9.59 Å². The second kappa shape index (κ2) is 9.85. The molecule has 0 saturated carbocycles. The summed E-state index contributed by atoms with van der Waals surface area (Å²) < 4.78 is 10.7. The lowest BCUT2D eigenvalue weighted by Crippen LogP contribution is -2.33. The third kappa shape index (κ3) is 5.43. The highest BCUT2D eigenvalue weighted by Gasteiger charge is 2.35. The Hall–Kier alpha value is -3.17. The van der Waals surface area contributed by atoms with Crippen molar-refractivity contribution >= 4 is 29.1 Å². The van der Waals surface area contributed by atoms with Crippen molar-refractivity contribution in [3.8, 4) is 23.3 Å². The van der Waals surface area contributed by atoms with Gasteiger partial charge in [-0.2, -0.15) is 0 Å². The summed E-state index contributed by atoms with van der Waals surface area (Å²) in [4.78, 5) is 26.3. The minimum atomic E-state index is -0.408. The largest absolute Gasteiger partial charge is 0.497 e. The Morgan fingerprint density at radius 3 is 2.86 bits per heavy atom. The summed E-state index contributed by atoms with van der Waals surface area (Å²) >= 11 is 5.99. The molecule has 1 aliphatic rings. The van der Waals surface area contributed by atoms with Crippen LogP contribution in [0.2, 0.25) is 5.02 Å². The summed E-state index contributed by atoms with van der Waals surface area (Å²) in [6.07, 6.45) is 0.173. The van der Waals surface area contributed by atoms with Crippen molar-refractivity contribution in [2.75, 3.05) is 31.7 Å². The molecule has 1 N–H and O–H groups in total. The van der Waals surface area contributed by atoms with E-state index in [1.165, 1.54) is 0 Å². The van der Waals surface area contributed by atoms with E-state index in [4.69, 9.17) is 21.1 Å². The topological polar surface area (TPSA) is 67.9 Å². The zero-order valence-corrected chi connectivity index (χ0v) is 16.7. The Labute approximate surface area is 174 Å². The fourth-order valence-corrected chi connectivity index (χ4v) is 3.17. The van der Waals surface area contributed by atoms with Gasteiger partial charge in [0, 0.05) is 24.7 Å². The molecule has 6 nitrogen and oxygen atoms in total. The molecule has 1 atom stereocenters. The molecule has 1 aliphatic heterocycles. The number of para-hydroxylation sites is 1. The zero-order chi connectivity index (χ0) is 20.6. The van der Waals surface area contributed by atoms with Crippen molar-refractivity contribution in [2.24, 2.45) is 5.92 Å². The number of anilines is 1. The Morgan fingerprint density at radius 1 is 1.24 bits per heavy atom. The standard InChI is InChI=1S/C22H21ClN2O4/c1-28-18-8-6-7-17(14-18)25-15-16(13-21(25)26)22(27)24-11-4-5-12-29-20-10-3-2-9-19(20)23/h2-3,6-10,14,16H,11-13,15H2,1H3,(H,24,27). The number of benzene rings is 2. The number of nitrogens with one attached hydrogen (secondary N) is 1. The summed E-state index contributed by atoms with van der Waals surface area (Å²) in [6.45, 7) is 0.695. The van der Waals surface area contributed by atoms with Crippen LogP contribution in [0.25, 0.3) is 0 Å². The molecule has 3 rings (SSSR count). The van der Waals surface area contributed by atoms with Crippen molar-refractivity contribution < 1.29 is 19.1 Å². The quantitative estimate of drug-likeness (QED) is 0.741. The fraction of sp³-hybridized carbons (Fsp3) is 0.273. The van der Waals surface area contributed by atoms with Crippen LogP contribution in [0.1, 0.15) is 6.42 Å². The van der Waals surface area contributed by atoms with Crippen LogP contribution in [0.5, 0.6) is 11.5 Å². The predicted octanol–water partition coefficient (Wildman–Crippen LogP) is 2.90. The van der Waals surface area contributed by atoms with E-state index >= 15 is 0 Å². The summed E-state index contributed by atoms with van der Waals surface area (Å²) in [5.41, 5.74) is 0.723. The Balaban J connectivity index is 1.46. The van der Waals surface area contributed by atoms with Crippen LogP contribution in [-0.4, -0.2) is 38.6 Å². The fourth-order valence-electron chi connectivity index (χ4n) is 2.98. The van der Waals surface area contributed by atoms with Crippen LogP contribution < -0.4 is 19.7 Å². The number of ether oxygens (including phenoxy) is 2. The van der Waals surface area contributed by atoms with E-state index in [0.29, 0.717) is 23.1 Å². The molecule has 1 saturated heterocycles. The molecule has 7 heteroatoms. The van der Waals surface area contributed by atoms with Crippen molar-refractivity contribution in [2.45, 2.75) is 6.42 Å². The van der Waals surface area contributed by atoms with Crippen LogP contribution in [0.3, 0.4) is 0 Å².